The van der Waals surface area contributed by atoms with Crippen molar-refractivity contribution in [1.82, 2.24) is 0 Å². The van der Waals surface area contributed by atoms with Crippen molar-refractivity contribution in [3.8, 4) is 10.4 Å². The van der Waals surface area contributed by atoms with Crippen LogP contribution in [0.2, 0.25) is 0 Å². The average molecular weight is 351 g/mol. The highest BCUT2D eigenvalue weighted by molar-refractivity contribution is 7.15. The fourth-order valence-electron chi connectivity index (χ4n) is 2.84. The number of thiophene rings is 1. The van der Waals surface area contributed by atoms with E-state index in [9.17, 15) is 4.39 Å². The highest BCUT2D eigenvalue weighted by atomic mass is 32.1. The predicted octanol–water partition coefficient (Wildman–Crippen LogP) is 7.38. The summed E-state index contributed by atoms with van der Waals surface area (Å²) < 4.78 is 13.7. The lowest BCUT2D eigenvalue weighted by Gasteiger charge is -2.05. The van der Waals surface area contributed by atoms with Gasteiger partial charge in [0.2, 0.25) is 0 Å². The molecular weight excluding hydrogens is 327 g/mol. The molecule has 0 aliphatic rings. The quantitative estimate of drug-likeness (QED) is 0.407. The molecule has 3 aromatic rings. The van der Waals surface area contributed by atoms with Crippen LogP contribution in [0.15, 0.2) is 54.6 Å². The van der Waals surface area contributed by atoms with Gasteiger partial charge in [0.15, 0.2) is 0 Å². The molecule has 3 rings (SSSR count). The minimum atomic E-state index is -0.202. The van der Waals surface area contributed by atoms with Crippen LogP contribution in [-0.4, -0.2) is 0 Å². The largest absolute Gasteiger partial charge is 0.207 e. The summed E-state index contributed by atoms with van der Waals surface area (Å²) in [6.07, 6.45) is 7.64. The molecule has 0 atom stereocenters. The maximum Gasteiger partial charge on any atom is 0.123 e. The zero-order valence-electron chi connectivity index (χ0n) is 14.8. The first-order valence-electron chi connectivity index (χ1n) is 8.79. The first kappa shape index (κ1) is 17.6. The fraction of sp³-hybridized carbons (Fsp3) is 0.217. The summed E-state index contributed by atoms with van der Waals surface area (Å²) >= 11 is 1.74. The van der Waals surface area contributed by atoms with Gasteiger partial charge in [0.05, 0.1) is 0 Å². The number of hydrogen-bond donors (Lipinski definition) is 0. The average Bonchev–Trinajstić information content (AvgIpc) is 3.05. The zero-order valence-corrected chi connectivity index (χ0v) is 15.6. The summed E-state index contributed by atoms with van der Waals surface area (Å²) in [5, 5.41) is 0. The number of benzene rings is 2. The van der Waals surface area contributed by atoms with E-state index in [0.29, 0.717) is 0 Å². The molecule has 25 heavy (non-hydrogen) atoms. The number of hydrogen-bond acceptors (Lipinski definition) is 1. The summed E-state index contributed by atoms with van der Waals surface area (Å²) in [5.41, 5.74) is 4.50. The van der Waals surface area contributed by atoms with Gasteiger partial charge in [-0.15, -0.1) is 11.3 Å². The van der Waals surface area contributed by atoms with Crippen LogP contribution in [0.3, 0.4) is 0 Å². The molecule has 0 aliphatic heterocycles. The summed E-state index contributed by atoms with van der Waals surface area (Å²) in [5.74, 6) is -0.202. The Bertz CT molecular complexity index is 856. The molecule has 1 aromatic heterocycles. The van der Waals surface area contributed by atoms with Gasteiger partial charge in [0, 0.05) is 9.75 Å². The van der Waals surface area contributed by atoms with Gasteiger partial charge >= 0.3 is 0 Å². The van der Waals surface area contributed by atoms with Gasteiger partial charge in [-0.1, -0.05) is 55.8 Å². The van der Waals surface area contributed by atoms with E-state index in [0.717, 1.165) is 23.1 Å². The Labute approximate surface area is 153 Å². The van der Waals surface area contributed by atoms with Crippen LogP contribution < -0.4 is 0 Å². The molecule has 0 spiro atoms. The predicted molar refractivity (Wildman–Crippen MR) is 108 cm³/mol. The van der Waals surface area contributed by atoms with Gasteiger partial charge in [-0.2, -0.15) is 0 Å². The van der Waals surface area contributed by atoms with Crippen molar-refractivity contribution in [1.29, 1.82) is 0 Å². The van der Waals surface area contributed by atoms with Gasteiger partial charge in [-0.3, -0.25) is 0 Å². The van der Waals surface area contributed by atoms with Gasteiger partial charge in [-0.05, 0) is 66.3 Å². The Morgan fingerprint density at radius 2 is 1.76 bits per heavy atom. The Hall–Kier alpha value is -2.19. The highest BCUT2D eigenvalue weighted by Crippen LogP contribution is 2.32. The molecule has 2 aromatic carbocycles. The lowest BCUT2D eigenvalue weighted by atomic mass is 10.0. The van der Waals surface area contributed by atoms with Crippen LogP contribution in [0.25, 0.3) is 22.6 Å². The second-order valence-corrected chi connectivity index (χ2v) is 7.61. The van der Waals surface area contributed by atoms with Crippen LogP contribution in [0, 0.1) is 12.7 Å². The molecule has 0 radical (unpaired) electrons. The molecule has 0 N–H and O–H groups in total. The standard InChI is InChI=1S/C23H23FS/c1-3-4-5-18-7-9-19(10-8-18)11-12-20-16-21(24)13-14-22(20)23-15-6-17(2)25-23/h6-16H,3-5H2,1-2H3/b12-11+. The summed E-state index contributed by atoms with van der Waals surface area (Å²) in [6, 6.07) is 17.9. The van der Waals surface area contributed by atoms with E-state index in [-0.39, 0.29) is 5.82 Å². The summed E-state index contributed by atoms with van der Waals surface area (Å²) in [7, 11) is 0. The van der Waals surface area contributed by atoms with E-state index in [1.165, 1.54) is 34.2 Å². The molecule has 0 aliphatic carbocycles. The van der Waals surface area contributed by atoms with Crippen LogP contribution in [0.1, 0.15) is 41.3 Å². The third-order valence-corrected chi connectivity index (χ3v) is 5.31. The molecule has 2 heteroatoms. The van der Waals surface area contributed by atoms with E-state index in [4.69, 9.17) is 0 Å². The maximum atomic E-state index is 13.7. The second kappa shape index (κ2) is 8.26. The minimum Gasteiger partial charge on any atom is -0.207 e. The van der Waals surface area contributed by atoms with E-state index in [1.54, 1.807) is 17.4 Å². The van der Waals surface area contributed by atoms with Gasteiger partial charge in [0.1, 0.15) is 5.82 Å². The smallest absolute Gasteiger partial charge is 0.123 e. The molecule has 1 heterocycles. The van der Waals surface area contributed by atoms with Crippen molar-refractivity contribution >= 4 is 23.5 Å². The van der Waals surface area contributed by atoms with Gasteiger partial charge in [-0.25, -0.2) is 4.39 Å². The van der Waals surface area contributed by atoms with E-state index < -0.39 is 0 Å². The van der Waals surface area contributed by atoms with Crippen LogP contribution in [0.5, 0.6) is 0 Å². The summed E-state index contributed by atoms with van der Waals surface area (Å²) in [6.45, 7) is 4.30. The third-order valence-electron chi connectivity index (χ3n) is 4.27. The van der Waals surface area contributed by atoms with Crippen molar-refractivity contribution in [2.24, 2.45) is 0 Å². The molecule has 0 amide bonds. The highest BCUT2D eigenvalue weighted by Gasteiger charge is 2.06. The molecule has 128 valence electrons. The van der Waals surface area contributed by atoms with Crippen LogP contribution in [-0.2, 0) is 6.42 Å². The minimum absolute atomic E-state index is 0.202. The Morgan fingerprint density at radius 3 is 2.44 bits per heavy atom. The number of halogens is 1. The third kappa shape index (κ3) is 4.67. The molecular formula is C23H23FS. The van der Waals surface area contributed by atoms with Crippen molar-refractivity contribution in [3.05, 3.63) is 82.0 Å². The zero-order chi connectivity index (χ0) is 17.6. The second-order valence-electron chi connectivity index (χ2n) is 6.32. The number of aryl methyl sites for hydroxylation is 2. The summed E-state index contributed by atoms with van der Waals surface area (Å²) in [4.78, 5) is 2.43. The Morgan fingerprint density at radius 1 is 0.960 bits per heavy atom. The van der Waals surface area contributed by atoms with E-state index in [2.05, 4.69) is 56.3 Å². The molecule has 0 bridgehead atoms. The lowest BCUT2D eigenvalue weighted by Crippen LogP contribution is -1.85. The first-order chi connectivity index (χ1) is 12.2. The van der Waals surface area contributed by atoms with E-state index >= 15 is 0 Å². The fourth-order valence-corrected chi connectivity index (χ4v) is 3.75. The van der Waals surface area contributed by atoms with Crippen molar-refractivity contribution in [2.45, 2.75) is 33.1 Å². The molecule has 0 unspecified atom stereocenters. The van der Waals surface area contributed by atoms with E-state index in [1.807, 2.05) is 12.1 Å². The van der Waals surface area contributed by atoms with Crippen molar-refractivity contribution in [2.75, 3.05) is 0 Å². The topological polar surface area (TPSA) is 0 Å². The van der Waals surface area contributed by atoms with Gasteiger partial charge < -0.3 is 0 Å². The van der Waals surface area contributed by atoms with Crippen molar-refractivity contribution in [3.63, 3.8) is 0 Å². The van der Waals surface area contributed by atoms with Crippen LogP contribution in [0.4, 0.5) is 4.39 Å². The number of unbranched alkanes of at least 4 members (excludes halogenated alkanes) is 1. The number of rotatable bonds is 6. The Kier molecular flexibility index (Phi) is 5.83. The molecule has 0 saturated carbocycles. The molecule has 0 fully saturated rings. The van der Waals surface area contributed by atoms with Crippen LogP contribution >= 0.6 is 11.3 Å². The Balaban J connectivity index is 1.84. The normalized spacial score (nSPS) is 11.3. The monoisotopic (exact) mass is 350 g/mol. The molecule has 0 saturated heterocycles. The maximum absolute atomic E-state index is 13.7. The molecule has 0 nitrogen and oxygen atoms in total. The SMILES string of the molecule is CCCCc1ccc(/C=C/c2cc(F)ccc2-c2ccc(C)s2)cc1. The van der Waals surface area contributed by atoms with Crippen molar-refractivity contribution < 1.29 is 4.39 Å². The lowest BCUT2D eigenvalue weighted by molar-refractivity contribution is 0.628. The van der Waals surface area contributed by atoms with Gasteiger partial charge in [0.25, 0.3) is 0 Å². The first-order valence-corrected chi connectivity index (χ1v) is 9.61.